The van der Waals surface area contributed by atoms with E-state index in [0.29, 0.717) is 23.7 Å². The van der Waals surface area contributed by atoms with Gasteiger partial charge in [0, 0.05) is 30.2 Å². The maximum Gasteiger partial charge on any atom is 0.417 e. The van der Waals surface area contributed by atoms with Crippen molar-refractivity contribution in [1.82, 2.24) is 10.3 Å². The second kappa shape index (κ2) is 11.7. The number of halogens is 4. The minimum atomic E-state index is -4.65. The fourth-order valence-corrected chi connectivity index (χ4v) is 3.55. The Hall–Kier alpha value is -4.57. The Balaban J connectivity index is 1.33. The largest absolute Gasteiger partial charge is 0.457 e. The lowest BCUT2D eigenvalue weighted by molar-refractivity contribution is -0.137. The van der Waals surface area contributed by atoms with Crippen molar-refractivity contribution in [2.24, 2.45) is 0 Å². The summed E-state index contributed by atoms with van der Waals surface area (Å²) in [5, 5.41) is 7.19. The van der Waals surface area contributed by atoms with Gasteiger partial charge in [0.15, 0.2) is 0 Å². The molecule has 4 rings (SSSR count). The molecule has 1 heterocycles. The molecule has 0 spiro atoms. The molecule has 1 aromatic heterocycles. The van der Waals surface area contributed by atoms with Crippen LogP contribution in [-0.2, 0) is 12.7 Å². The highest BCUT2D eigenvalue weighted by molar-refractivity contribution is 6.31. The Labute approximate surface area is 220 Å². The van der Waals surface area contributed by atoms with Crippen LogP contribution in [-0.4, -0.2) is 16.9 Å². The van der Waals surface area contributed by atoms with Crippen molar-refractivity contribution in [2.45, 2.75) is 12.7 Å². The molecule has 3 N–H and O–H groups in total. The topological polar surface area (TPSA) is 92.3 Å². The molecule has 4 aromatic rings. The van der Waals surface area contributed by atoms with Gasteiger partial charge in [0.25, 0.3) is 5.91 Å². The molecule has 0 saturated carbocycles. The summed E-state index contributed by atoms with van der Waals surface area (Å²) in [6.45, 7) is 0.357. The first-order valence-corrected chi connectivity index (χ1v) is 11.6. The molecular weight excluding hydrogens is 521 g/mol. The Morgan fingerprint density at radius 3 is 2.24 bits per heavy atom. The van der Waals surface area contributed by atoms with E-state index >= 15 is 0 Å². The summed E-state index contributed by atoms with van der Waals surface area (Å²) >= 11 is 5.60. The Bertz CT molecular complexity index is 1430. The number of pyridine rings is 1. The number of amides is 3. The highest BCUT2D eigenvalue weighted by atomic mass is 35.5. The zero-order valence-electron chi connectivity index (χ0n) is 19.6. The zero-order chi connectivity index (χ0) is 27.1. The molecule has 0 bridgehead atoms. The fraction of sp³-hybridized carbons (Fsp3) is 0.0741. The van der Waals surface area contributed by atoms with Gasteiger partial charge in [0.05, 0.1) is 10.6 Å². The number of anilines is 2. The van der Waals surface area contributed by atoms with E-state index in [9.17, 15) is 22.8 Å². The van der Waals surface area contributed by atoms with Crippen LogP contribution >= 0.6 is 11.6 Å². The van der Waals surface area contributed by atoms with Crippen LogP contribution in [0, 0.1) is 0 Å². The van der Waals surface area contributed by atoms with Gasteiger partial charge in [-0.15, -0.1) is 0 Å². The van der Waals surface area contributed by atoms with Crippen molar-refractivity contribution < 1.29 is 27.5 Å². The van der Waals surface area contributed by atoms with Crippen LogP contribution in [0.2, 0.25) is 5.02 Å². The van der Waals surface area contributed by atoms with E-state index in [4.69, 9.17) is 16.3 Å². The number of aromatic nitrogens is 1. The number of carbonyl (C=O) groups is 2. The van der Waals surface area contributed by atoms with Gasteiger partial charge < -0.3 is 20.7 Å². The SMILES string of the molecule is O=C(Nc1ccc(Oc2ccnc(C(=O)NCc3ccccc3)c2)cc1)Nc1ccc(Cl)c(C(F)(F)F)c1. The van der Waals surface area contributed by atoms with E-state index in [-0.39, 0.29) is 17.3 Å². The quantitative estimate of drug-likeness (QED) is 0.233. The minimum absolute atomic E-state index is 0.0690. The van der Waals surface area contributed by atoms with Crippen molar-refractivity contribution in [2.75, 3.05) is 10.6 Å². The number of hydrogen-bond donors (Lipinski definition) is 3. The van der Waals surface area contributed by atoms with Crippen LogP contribution in [0.5, 0.6) is 11.5 Å². The smallest absolute Gasteiger partial charge is 0.417 e. The standard InChI is InChI=1S/C27H20ClF3N4O3/c28-23-11-8-19(14-22(23)27(29,30)31)35-26(37)34-18-6-9-20(10-7-18)38-21-12-13-32-24(15-21)25(36)33-16-17-4-2-1-3-5-17/h1-15H,16H2,(H,33,36)(H2,34,35,37). The molecule has 3 amide bonds. The van der Waals surface area contributed by atoms with E-state index in [1.165, 1.54) is 18.3 Å². The Morgan fingerprint density at radius 2 is 1.53 bits per heavy atom. The average molecular weight is 541 g/mol. The molecular formula is C27H20ClF3N4O3. The number of alkyl halides is 3. The van der Waals surface area contributed by atoms with Gasteiger partial charge in [-0.3, -0.25) is 9.78 Å². The first-order valence-electron chi connectivity index (χ1n) is 11.2. The zero-order valence-corrected chi connectivity index (χ0v) is 20.3. The van der Waals surface area contributed by atoms with Gasteiger partial charge in [0.1, 0.15) is 17.2 Å². The van der Waals surface area contributed by atoms with Gasteiger partial charge in [-0.1, -0.05) is 41.9 Å². The number of carbonyl (C=O) groups excluding carboxylic acids is 2. The molecule has 0 aliphatic rings. The molecule has 38 heavy (non-hydrogen) atoms. The molecule has 194 valence electrons. The van der Waals surface area contributed by atoms with Crippen LogP contribution in [0.3, 0.4) is 0 Å². The van der Waals surface area contributed by atoms with Crippen LogP contribution in [0.15, 0.2) is 91.1 Å². The number of hydrogen-bond acceptors (Lipinski definition) is 4. The summed E-state index contributed by atoms with van der Waals surface area (Å²) in [5.74, 6) is 0.449. The molecule has 0 aliphatic carbocycles. The molecule has 7 nitrogen and oxygen atoms in total. The summed E-state index contributed by atoms with van der Waals surface area (Å²) in [6.07, 6.45) is -3.20. The lowest BCUT2D eigenvalue weighted by atomic mass is 10.2. The molecule has 0 aliphatic heterocycles. The van der Waals surface area contributed by atoms with Crippen LogP contribution < -0.4 is 20.7 Å². The third-order valence-corrected chi connectivity index (χ3v) is 5.47. The summed E-state index contributed by atoms with van der Waals surface area (Å²) in [5.41, 5.74) is 0.390. The number of urea groups is 1. The van der Waals surface area contributed by atoms with Crippen LogP contribution in [0.25, 0.3) is 0 Å². The van der Waals surface area contributed by atoms with E-state index < -0.39 is 22.8 Å². The van der Waals surface area contributed by atoms with E-state index in [1.54, 1.807) is 30.3 Å². The first-order chi connectivity index (χ1) is 18.2. The molecule has 11 heteroatoms. The monoisotopic (exact) mass is 540 g/mol. The number of nitrogens with one attached hydrogen (secondary N) is 3. The van der Waals surface area contributed by atoms with E-state index in [2.05, 4.69) is 20.9 Å². The number of nitrogens with zero attached hydrogens (tertiary/aromatic N) is 1. The van der Waals surface area contributed by atoms with Crippen molar-refractivity contribution in [3.8, 4) is 11.5 Å². The van der Waals surface area contributed by atoms with Gasteiger partial charge in [-0.05, 0) is 54.1 Å². The lowest BCUT2D eigenvalue weighted by Crippen LogP contribution is -2.23. The van der Waals surface area contributed by atoms with Crippen molar-refractivity contribution in [1.29, 1.82) is 0 Å². The lowest BCUT2D eigenvalue weighted by Gasteiger charge is -2.12. The minimum Gasteiger partial charge on any atom is -0.457 e. The molecule has 0 saturated heterocycles. The summed E-state index contributed by atoms with van der Waals surface area (Å²) in [6, 6.07) is 21.1. The predicted octanol–water partition coefficient (Wildman–Crippen LogP) is 7.12. The number of rotatable bonds is 7. The first kappa shape index (κ1) is 26.5. The second-order valence-corrected chi connectivity index (χ2v) is 8.35. The average Bonchev–Trinajstić information content (AvgIpc) is 2.89. The van der Waals surface area contributed by atoms with E-state index in [0.717, 1.165) is 17.7 Å². The van der Waals surface area contributed by atoms with Gasteiger partial charge in [-0.2, -0.15) is 13.2 Å². The van der Waals surface area contributed by atoms with Gasteiger partial charge in [-0.25, -0.2) is 4.79 Å². The molecule has 3 aromatic carbocycles. The molecule has 0 unspecified atom stereocenters. The van der Waals surface area contributed by atoms with Crippen molar-refractivity contribution >= 4 is 34.9 Å². The number of ether oxygens (including phenoxy) is 1. The Morgan fingerprint density at radius 1 is 0.842 bits per heavy atom. The third kappa shape index (κ3) is 7.23. The summed E-state index contributed by atoms with van der Waals surface area (Å²) in [7, 11) is 0. The fourth-order valence-electron chi connectivity index (χ4n) is 3.32. The van der Waals surface area contributed by atoms with E-state index in [1.807, 2.05) is 30.3 Å². The van der Waals surface area contributed by atoms with Crippen LogP contribution in [0.1, 0.15) is 21.6 Å². The predicted molar refractivity (Wildman–Crippen MR) is 137 cm³/mol. The third-order valence-electron chi connectivity index (χ3n) is 5.14. The molecule has 0 atom stereocenters. The summed E-state index contributed by atoms with van der Waals surface area (Å²) < 4.78 is 44.8. The van der Waals surface area contributed by atoms with Crippen molar-refractivity contribution in [3.63, 3.8) is 0 Å². The molecule has 0 fully saturated rings. The second-order valence-electron chi connectivity index (χ2n) is 7.94. The Kier molecular flexibility index (Phi) is 8.12. The highest BCUT2D eigenvalue weighted by Gasteiger charge is 2.33. The van der Waals surface area contributed by atoms with Crippen molar-refractivity contribution in [3.05, 3.63) is 113 Å². The van der Waals surface area contributed by atoms with Gasteiger partial charge in [0.2, 0.25) is 0 Å². The molecule has 0 radical (unpaired) electrons. The maximum absolute atomic E-state index is 13.0. The maximum atomic E-state index is 13.0. The van der Waals surface area contributed by atoms with Crippen LogP contribution in [0.4, 0.5) is 29.3 Å². The normalized spacial score (nSPS) is 10.9. The summed E-state index contributed by atoms with van der Waals surface area (Å²) in [4.78, 5) is 28.8. The number of benzene rings is 3. The van der Waals surface area contributed by atoms with Gasteiger partial charge >= 0.3 is 12.2 Å². The highest BCUT2D eigenvalue weighted by Crippen LogP contribution is 2.36.